The maximum atomic E-state index is 10.1. The van der Waals surface area contributed by atoms with E-state index in [-0.39, 0.29) is 11.7 Å². The van der Waals surface area contributed by atoms with Crippen molar-refractivity contribution in [3.8, 4) is 5.75 Å². The zero-order valence-corrected chi connectivity index (χ0v) is 12.5. The quantitative estimate of drug-likeness (QED) is 0.695. The number of hydrogen-bond acceptors (Lipinski definition) is 3. The zero-order chi connectivity index (χ0) is 15.5. The minimum absolute atomic E-state index is 0.245. The van der Waals surface area contributed by atoms with Gasteiger partial charge in [-0.25, -0.2) is 0 Å². The molecule has 1 rings (SSSR count). The van der Waals surface area contributed by atoms with Crippen LogP contribution in [0.25, 0.3) is 0 Å². The van der Waals surface area contributed by atoms with Crippen LogP contribution in [0.3, 0.4) is 0 Å². The number of carbonyl (C=O) groups is 1. The highest BCUT2D eigenvalue weighted by Gasteiger charge is 2.15. The summed E-state index contributed by atoms with van der Waals surface area (Å²) < 4.78 is 0. The van der Waals surface area contributed by atoms with Gasteiger partial charge in [-0.1, -0.05) is 45.2 Å². The van der Waals surface area contributed by atoms with Crippen LogP contribution >= 0.6 is 0 Å². The largest absolute Gasteiger partial charge is 0.508 e. The number of hydrogen-bond donors (Lipinski definition) is 3. The van der Waals surface area contributed by atoms with Crippen LogP contribution < -0.4 is 0 Å². The maximum Gasteiger partial charge on any atom is 0.300 e. The molecular formula is C16H26O4. The van der Waals surface area contributed by atoms with Crippen LogP contribution in [0.1, 0.15) is 58.1 Å². The van der Waals surface area contributed by atoms with Gasteiger partial charge in [0.2, 0.25) is 0 Å². The van der Waals surface area contributed by atoms with Crippen molar-refractivity contribution in [2.75, 3.05) is 0 Å². The number of phenolic OH excluding ortho intramolecular Hbond substituents is 1. The second-order valence-corrected chi connectivity index (χ2v) is 5.03. The molecule has 0 saturated carbocycles. The van der Waals surface area contributed by atoms with Crippen molar-refractivity contribution in [3.05, 3.63) is 29.8 Å². The smallest absolute Gasteiger partial charge is 0.300 e. The van der Waals surface area contributed by atoms with Crippen LogP contribution in [0.4, 0.5) is 0 Å². The van der Waals surface area contributed by atoms with Crippen molar-refractivity contribution in [2.45, 2.75) is 52.6 Å². The molecule has 0 bridgehead atoms. The van der Waals surface area contributed by atoms with Crippen molar-refractivity contribution in [1.29, 1.82) is 0 Å². The Morgan fingerprint density at radius 3 is 2.15 bits per heavy atom. The summed E-state index contributed by atoms with van der Waals surface area (Å²) >= 11 is 0. The molecular weight excluding hydrogens is 256 g/mol. The number of carboxylic acid groups (broad SMARTS) is 1. The molecule has 0 saturated heterocycles. The first-order valence-electron chi connectivity index (χ1n) is 7.05. The molecule has 0 fully saturated rings. The summed E-state index contributed by atoms with van der Waals surface area (Å²) in [5.41, 5.74) is 0.891. The van der Waals surface area contributed by atoms with Crippen LogP contribution in [-0.2, 0) is 4.79 Å². The first-order chi connectivity index (χ1) is 9.38. The Balaban J connectivity index is 0.000000796. The lowest BCUT2D eigenvalue weighted by Crippen LogP contribution is -2.09. The third-order valence-corrected chi connectivity index (χ3v) is 3.04. The van der Waals surface area contributed by atoms with Crippen molar-refractivity contribution in [1.82, 2.24) is 0 Å². The second kappa shape index (κ2) is 10.3. The van der Waals surface area contributed by atoms with Gasteiger partial charge >= 0.3 is 0 Å². The van der Waals surface area contributed by atoms with Gasteiger partial charge in [-0.15, -0.1) is 0 Å². The Hall–Kier alpha value is -1.55. The molecule has 4 heteroatoms. The van der Waals surface area contributed by atoms with Crippen LogP contribution in [0.2, 0.25) is 0 Å². The number of rotatable bonds is 6. The van der Waals surface area contributed by atoms with Crippen molar-refractivity contribution in [2.24, 2.45) is 5.92 Å². The molecule has 1 aromatic rings. The summed E-state index contributed by atoms with van der Waals surface area (Å²) in [7, 11) is 0. The molecule has 0 aliphatic rings. The topological polar surface area (TPSA) is 77.8 Å². The van der Waals surface area contributed by atoms with E-state index in [2.05, 4.69) is 13.8 Å². The average molecular weight is 282 g/mol. The predicted molar refractivity (Wildman–Crippen MR) is 79.7 cm³/mol. The Bertz CT molecular complexity index is 369. The Labute approximate surface area is 121 Å². The highest BCUT2D eigenvalue weighted by Crippen LogP contribution is 2.27. The third-order valence-electron chi connectivity index (χ3n) is 3.04. The van der Waals surface area contributed by atoms with Gasteiger partial charge in [0.15, 0.2) is 0 Å². The van der Waals surface area contributed by atoms with Crippen LogP contribution in [0.15, 0.2) is 24.3 Å². The number of unbranched alkanes of at least 4 members (excludes halogenated alkanes) is 2. The fourth-order valence-electron chi connectivity index (χ4n) is 1.87. The van der Waals surface area contributed by atoms with Crippen LogP contribution in [0, 0.1) is 5.92 Å². The summed E-state index contributed by atoms with van der Waals surface area (Å²) in [4.78, 5) is 9.00. The van der Waals surface area contributed by atoms with Gasteiger partial charge in [-0.05, 0) is 30.0 Å². The van der Waals surface area contributed by atoms with E-state index in [9.17, 15) is 5.11 Å². The monoisotopic (exact) mass is 282 g/mol. The van der Waals surface area contributed by atoms with Crippen LogP contribution in [0.5, 0.6) is 5.75 Å². The van der Waals surface area contributed by atoms with Crippen molar-refractivity contribution >= 4 is 5.97 Å². The average Bonchev–Trinajstić information content (AvgIpc) is 2.38. The number of phenols is 1. The van der Waals surface area contributed by atoms with Gasteiger partial charge in [0, 0.05) is 6.92 Å². The highest BCUT2D eigenvalue weighted by molar-refractivity contribution is 5.62. The molecule has 0 aliphatic heterocycles. The standard InChI is InChI=1S/C14H22O2.C2H4O2/c1-3-4-5-6-11(2)14(16)12-7-9-13(15)10-8-12;1-2(3)4/h7-11,14-16H,3-6H2,1-2H3;1H3,(H,3,4). The molecule has 0 aliphatic carbocycles. The summed E-state index contributed by atoms with van der Waals surface area (Å²) in [5, 5.41) is 26.7. The molecule has 20 heavy (non-hydrogen) atoms. The van der Waals surface area contributed by atoms with E-state index in [1.807, 2.05) is 0 Å². The molecule has 0 spiro atoms. The second-order valence-electron chi connectivity index (χ2n) is 5.03. The molecule has 0 heterocycles. The number of aliphatic hydroxyl groups excluding tert-OH is 1. The molecule has 2 atom stereocenters. The number of aliphatic carboxylic acids is 1. The first kappa shape index (κ1) is 18.4. The van der Waals surface area contributed by atoms with Crippen molar-refractivity contribution in [3.63, 3.8) is 0 Å². The molecule has 0 aromatic heterocycles. The first-order valence-corrected chi connectivity index (χ1v) is 7.05. The van der Waals surface area contributed by atoms with E-state index in [0.29, 0.717) is 0 Å². The van der Waals surface area contributed by atoms with Gasteiger partial charge in [0.1, 0.15) is 5.75 Å². The number of carboxylic acids is 1. The SMILES string of the molecule is CC(=O)O.CCCCCC(C)C(O)c1ccc(O)cc1. The van der Waals surface area contributed by atoms with Gasteiger partial charge < -0.3 is 15.3 Å². The van der Waals surface area contributed by atoms with Gasteiger partial charge in [-0.2, -0.15) is 0 Å². The molecule has 3 N–H and O–H groups in total. The summed E-state index contributed by atoms with van der Waals surface area (Å²) in [6, 6.07) is 6.82. The minimum atomic E-state index is -0.833. The summed E-state index contributed by atoms with van der Waals surface area (Å²) in [5.74, 6) is -0.314. The molecule has 2 unspecified atom stereocenters. The lowest BCUT2D eigenvalue weighted by Gasteiger charge is -2.19. The number of aromatic hydroxyl groups is 1. The van der Waals surface area contributed by atoms with E-state index < -0.39 is 12.1 Å². The highest BCUT2D eigenvalue weighted by atomic mass is 16.4. The van der Waals surface area contributed by atoms with Crippen LogP contribution in [-0.4, -0.2) is 21.3 Å². The Morgan fingerprint density at radius 1 is 1.20 bits per heavy atom. The Morgan fingerprint density at radius 2 is 1.70 bits per heavy atom. The molecule has 1 aromatic carbocycles. The normalized spacial score (nSPS) is 13.0. The molecule has 114 valence electrons. The zero-order valence-electron chi connectivity index (χ0n) is 12.5. The third kappa shape index (κ3) is 8.53. The van der Waals surface area contributed by atoms with Crippen molar-refractivity contribution < 1.29 is 20.1 Å². The summed E-state index contributed by atoms with van der Waals surface area (Å²) in [6.45, 7) is 5.34. The van der Waals surface area contributed by atoms with E-state index in [4.69, 9.17) is 15.0 Å². The van der Waals surface area contributed by atoms with E-state index in [0.717, 1.165) is 18.9 Å². The minimum Gasteiger partial charge on any atom is -0.508 e. The summed E-state index contributed by atoms with van der Waals surface area (Å²) in [6.07, 6.45) is 4.25. The van der Waals surface area contributed by atoms with Gasteiger partial charge in [0.25, 0.3) is 5.97 Å². The molecule has 0 radical (unpaired) electrons. The van der Waals surface area contributed by atoms with E-state index in [1.165, 1.54) is 19.3 Å². The Kier molecular flexibility index (Phi) is 9.47. The van der Waals surface area contributed by atoms with E-state index in [1.54, 1.807) is 24.3 Å². The van der Waals surface area contributed by atoms with Gasteiger partial charge in [-0.3, -0.25) is 4.79 Å². The fraction of sp³-hybridized carbons (Fsp3) is 0.562. The number of aliphatic hydroxyl groups is 1. The number of benzene rings is 1. The molecule has 0 amide bonds. The lowest BCUT2D eigenvalue weighted by molar-refractivity contribution is -0.134. The maximum absolute atomic E-state index is 10.1. The van der Waals surface area contributed by atoms with E-state index >= 15 is 0 Å². The predicted octanol–water partition coefficient (Wildman–Crippen LogP) is 3.73. The fourth-order valence-corrected chi connectivity index (χ4v) is 1.87. The molecule has 4 nitrogen and oxygen atoms in total. The lowest BCUT2D eigenvalue weighted by atomic mass is 9.92. The van der Waals surface area contributed by atoms with Gasteiger partial charge in [0.05, 0.1) is 6.10 Å².